The third-order valence-electron chi connectivity index (χ3n) is 3.28. The van der Waals surface area contributed by atoms with E-state index in [0.29, 0.717) is 23.5 Å². The molecule has 1 aliphatic heterocycles. The Kier molecular flexibility index (Phi) is 4.17. The van der Waals surface area contributed by atoms with E-state index in [4.69, 9.17) is 0 Å². The number of nitrogens with one attached hydrogen (secondary N) is 1. The van der Waals surface area contributed by atoms with Crippen molar-refractivity contribution < 1.29 is 8.42 Å². The zero-order valence-electron chi connectivity index (χ0n) is 9.93. The fourth-order valence-corrected chi connectivity index (χ4v) is 4.91. The maximum Gasteiger partial charge on any atom is 0.150 e. The Morgan fingerprint density at radius 3 is 3.00 bits per heavy atom. The van der Waals surface area contributed by atoms with Crippen molar-refractivity contribution in [2.24, 2.45) is 5.92 Å². The summed E-state index contributed by atoms with van der Waals surface area (Å²) in [4.78, 5) is 5.31. The minimum atomic E-state index is -2.75. The SMILES string of the molecule is CNC(Cc1cncs1)CC1CCS(=O)(=O)C1. The van der Waals surface area contributed by atoms with Gasteiger partial charge in [0.15, 0.2) is 9.84 Å². The van der Waals surface area contributed by atoms with Gasteiger partial charge in [0.25, 0.3) is 0 Å². The van der Waals surface area contributed by atoms with Crippen LogP contribution in [0.15, 0.2) is 11.7 Å². The van der Waals surface area contributed by atoms with E-state index >= 15 is 0 Å². The number of likely N-dealkylation sites (N-methyl/N-ethyl adjacent to an activating group) is 1. The molecule has 4 nitrogen and oxygen atoms in total. The second-order valence-corrected chi connectivity index (χ2v) is 7.86. The van der Waals surface area contributed by atoms with Gasteiger partial charge in [-0.2, -0.15) is 0 Å². The van der Waals surface area contributed by atoms with Crippen LogP contribution < -0.4 is 5.32 Å². The first-order valence-corrected chi connectivity index (χ1v) is 8.54. The van der Waals surface area contributed by atoms with Crippen molar-refractivity contribution in [3.8, 4) is 0 Å². The predicted octanol–water partition coefficient (Wildman–Crippen LogP) is 1.10. The van der Waals surface area contributed by atoms with Gasteiger partial charge in [-0.05, 0) is 32.2 Å². The third-order valence-corrected chi connectivity index (χ3v) is 5.92. The van der Waals surface area contributed by atoms with Gasteiger partial charge >= 0.3 is 0 Å². The Balaban J connectivity index is 1.88. The molecule has 1 fully saturated rings. The van der Waals surface area contributed by atoms with Crippen molar-refractivity contribution in [1.82, 2.24) is 10.3 Å². The second kappa shape index (κ2) is 5.46. The van der Waals surface area contributed by atoms with Crippen molar-refractivity contribution in [1.29, 1.82) is 0 Å². The van der Waals surface area contributed by atoms with Crippen molar-refractivity contribution in [2.45, 2.75) is 25.3 Å². The molecule has 2 rings (SSSR count). The Morgan fingerprint density at radius 2 is 2.47 bits per heavy atom. The van der Waals surface area contributed by atoms with E-state index in [9.17, 15) is 8.42 Å². The lowest BCUT2D eigenvalue weighted by molar-refractivity contribution is 0.425. The molecule has 2 atom stereocenters. The van der Waals surface area contributed by atoms with Gasteiger partial charge in [0.2, 0.25) is 0 Å². The van der Waals surface area contributed by atoms with E-state index in [1.807, 2.05) is 18.8 Å². The summed E-state index contributed by atoms with van der Waals surface area (Å²) in [6.07, 6.45) is 4.59. The summed E-state index contributed by atoms with van der Waals surface area (Å²) in [7, 11) is -0.809. The molecule has 0 saturated carbocycles. The molecule has 2 unspecified atom stereocenters. The second-order valence-electron chi connectivity index (χ2n) is 4.66. The van der Waals surface area contributed by atoms with Gasteiger partial charge in [-0.15, -0.1) is 11.3 Å². The van der Waals surface area contributed by atoms with Crippen LogP contribution in [0.1, 0.15) is 17.7 Å². The Labute approximate surface area is 106 Å². The number of nitrogens with zero attached hydrogens (tertiary/aromatic N) is 1. The summed E-state index contributed by atoms with van der Waals surface area (Å²) < 4.78 is 22.8. The summed E-state index contributed by atoms with van der Waals surface area (Å²) >= 11 is 1.65. The molecule has 1 aromatic heterocycles. The van der Waals surface area contributed by atoms with E-state index < -0.39 is 9.84 Å². The first-order chi connectivity index (χ1) is 8.09. The lowest BCUT2D eigenvalue weighted by atomic mass is 9.97. The fourth-order valence-electron chi connectivity index (χ4n) is 2.35. The maximum atomic E-state index is 11.4. The molecule has 1 N–H and O–H groups in total. The molecular weight excluding hydrogens is 256 g/mol. The monoisotopic (exact) mass is 274 g/mol. The highest BCUT2D eigenvalue weighted by molar-refractivity contribution is 7.91. The smallest absolute Gasteiger partial charge is 0.150 e. The van der Waals surface area contributed by atoms with Gasteiger partial charge in [-0.3, -0.25) is 4.98 Å². The number of aromatic nitrogens is 1. The molecular formula is C11H18N2O2S2. The van der Waals surface area contributed by atoms with Gasteiger partial charge in [-0.1, -0.05) is 0 Å². The minimum absolute atomic E-state index is 0.324. The molecule has 96 valence electrons. The topological polar surface area (TPSA) is 59.1 Å². The van der Waals surface area contributed by atoms with E-state index in [0.717, 1.165) is 19.3 Å². The fraction of sp³-hybridized carbons (Fsp3) is 0.727. The zero-order valence-corrected chi connectivity index (χ0v) is 11.6. The van der Waals surface area contributed by atoms with E-state index in [-0.39, 0.29) is 0 Å². The van der Waals surface area contributed by atoms with Crippen molar-refractivity contribution in [3.63, 3.8) is 0 Å². The molecule has 0 aliphatic carbocycles. The van der Waals surface area contributed by atoms with Gasteiger partial charge in [0, 0.05) is 17.1 Å². The Hall–Kier alpha value is -0.460. The zero-order chi connectivity index (χ0) is 12.3. The quantitative estimate of drug-likeness (QED) is 0.873. The number of hydrogen-bond acceptors (Lipinski definition) is 5. The minimum Gasteiger partial charge on any atom is -0.317 e. The molecule has 1 aromatic rings. The summed E-state index contributed by atoms with van der Waals surface area (Å²) in [6.45, 7) is 0. The highest BCUT2D eigenvalue weighted by atomic mass is 32.2. The van der Waals surface area contributed by atoms with Crippen molar-refractivity contribution in [2.75, 3.05) is 18.6 Å². The predicted molar refractivity (Wildman–Crippen MR) is 70.0 cm³/mol. The van der Waals surface area contributed by atoms with Crippen molar-refractivity contribution in [3.05, 3.63) is 16.6 Å². The molecule has 1 aliphatic rings. The summed E-state index contributed by atoms with van der Waals surface area (Å²) in [5.74, 6) is 1.06. The van der Waals surface area contributed by atoms with E-state index in [1.54, 1.807) is 11.3 Å². The Morgan fingerprint density at radius 1 is 1.65 bits per heavy atom. The van der Waals surface area contributed by atoms with E-state index in [2.05, 4.69) is 10.3 Å². The van der Waals surface area contributed by atoms with Gasteiger partial charge < -0.3 is 5.32 Å². The summed E-state index contributed by atoms with van der Waals surface area (Å²) in [5.41, 5.74) is 1.84. The molecule has 0 radical (unpaired) electrons. The third kappa shape index (κ3) is 3.76. The molecule has 0 aromatic carbocycles. The standard InChI is InChI=1S/C11H18N2O2S2/c1-12-10(5-11-6-13-8-16-11)4-9-2-3-17(14,15)7-9/h6,8-10,12H,2-5,7H2,1H3. The number of sulfone groups is 1. The number of thiazole rings is 1. The largest absolute Gasteiger partial charge is 0.317 e. The van der Waals surface area contributed by atoms with Crippen LogP contribution in [0.2, 0.25) is 0 Å². The van der Waals surface area contributed by atoms with E-state index in [1.165, 1.54) is 4.88 Å². The summed E-state index contributed by atoms with van der Waals surface area (Å²) in [5, 5.41) is 3.28. The van der Waals surface area contributed by atoms with Crippen LogP contribution in [0.4, 0.5) is 0 Å². The van der Waals surface area contributed by atoms with Crippen molar-refractivity contribution >= 4 is 21.2 Å². The first kappa shape index (κ1) is 13.0. The summed E-state index contributed by atoms with van der Waals surface area (Å²) in [6, 6.07) is 0.355. The molecule has 1 saturated heterocycles. The van der Waals surface area contributed by atoms with Gasteiger partial charge in [0.05, 0.1) is 17.0 Å². The van der Waals surface area contributed by atoms with Crippen LogP contribution in [0.3, 0.4) is 0 Å². The average Bonchev–Trinajstić information content (AvgIpc) is 2.87. The van der Waals surface area contributed by atoms with Gasteiger partial charge in [-0.25, -0.2) is 8.42 Å². The first-order valence-electron chi connectivity index (χ1n) is 5.84. The highest BCUT2D eigenvalue weighted by Gasteiger charge is 2.29. The number of rotatable bonds is 5. The highest BCUT2D eigenvalue weighted by Crippen LogP contribution is 2.24. The van der Waals surface area contributed by atoms with Crippen LogP contribution in [-0.2, 0) is 16.3 Å². The Bertz CT molecular complexity index is 442. The normalized spacial score (nSPS) is 24.9. The number of hydrogen-bond donors (Lipinski definition) is 1. The molecule has 0 bridgehead atoms. The van der Waals surface area contributed by atoms with Crippen LogP contribution >= 0.6 is 11.3 Å². The molecule has 6 heteroatoms. The lowest BCUT2D eigenvalue weighted by Crippen LogP contribution is -2.30. The average molecular weight is 274 g/mol. The van der Waals surface area contributed by atoms with Crippen LogP contribution in [-0.4, -0.2) is 38.0 Å². The van der Waals surface area contributed by atoms with Crippen LogP contribution in [0.25, 0.3) is 0 Å². The maximum absolute atomic E-state index is 11.4. The molecule has 2 heterocycles. The van der Waals surface area contributed by atoms with Crippen LogP contribution in [0, 0.1) is 5.92 Å². The molecule has 17 heavy (non-hydrogen) atoms. The van der Waals surface area contributed by atoms with Gasteiger partial charge in [0.1, 0.15) is 0 Å². The van der Waals surface area contributed by atoms with Crippen LogP contribution in [0.5, 0.6) is 0 Å². The molecule has 0 spiro atoms. The lowest BCUT2D eigenvalue weighted by Gasteiger charge is -2.18. The molecule has 0 amide bonds.